The molecule has 12 heteroatoms. The van der Waals surface area contributed by atoms with Gasteiger partial charge >= 0.3 is 0 Å². The van der Waals surface area contributed by atoms with E-state index in [1.54, 1.807) is 11.8 Å². The van der Waals surface area contributed by atoms with Crippen molar-refractivity contribution in [1.29, 1.82) is 10.5 Å². The van der Waals surface area contributed by atoms with Gasteiger partial charge in [-0.3, -0.25) is 0 Å². The fourth-order valence-corrected chi connectivity index (χ4v) is 15.0. The predicted octanol–water partition coefficient (Wildman–Crippen LogP) is 10.6. The van der Waals surface area contributed by atoms with Crippen LogP contribution in [-0.2, 0) is 21.7 Å². The number of anilines is 3. The Morgan fingerprint density at radius 2 is 1.00 bits per heavy atom. The van der Waals surface area contributed by atoms with Crippen molar-refractivity contribution in [2.24, 2.45) is 0 Å². The van der Waals surface area contributed by atoms with E-state index in [1.807, 2.05) is 12.1 Å². The van der Waals surface area contributed by atoms with Crippen molar-refractivity contribution in [3.63, 3.8) is 0 Å². The van der Waals surface area contributed by atoms with Crippen LogP contribution in [0, 0.1) is 22.7 Å². The van der Waals surface area contributed by atoms with Crippen LogP contribution in [0.5, 0.6) is 11.5 Å². The molecule has 436 valence electrons. The minimum absolute atomic E-state index is 0.0290. The molecule has 11 aromatic rings. The second kappa shape index (κ2) is 21.8. The van der Waals surface area contributed by atoms with E-state index in [1.165, 1.54) is 65.8 Å². The number of nitriles is 2. The van der Waals surface area contributed by atoms with Gasteiger partial charge in [-0.25, -0.2) is 0 Å². The summed E-state index contributed by atoms with van der Waals surface area (Å²) < 4.78 is 9.75. The third kappa shape index (κ3) is 10.3. The molecule has 2 aliphatic heterocycles. The lowest BCUT2D eigenvalue weighted by atomic mass is 9.35. The molecule has 0 fully saturated rings. The van der Waals surface area contributed by atoms with E-state index in [2.05, 4.69) is 302 Å². The summed E-state index contributed by atoms with van der Waals surface area (Å²) in [6, 6.07) is 67.4. The monoisotopic (exact) mass is 1180 g/mol. The van der Waals surface area contributed by atoms with Crippen molar-refractivity contribution in [2.75, 3.05) is 4.90 Å². The van der Waals surface area contributed by atoms with E-state index in [4.69, 9.17) is 4.74 Å². The summed E-state index contributed by atoms with van der Waals surface area (Å²) in [4.78, 5) is 4.70. The molecule has 0 N–H and O–H groups in total. The second-order valence-electron chi connectivity index (χ2n) is 29.5. The highest BCUT2D eigenvalue weighted by Gasteiger charge is 2.40. The van der Waals surface area contributed by atoms with Crippen LogP contribution in [-0.4, -0.2) is 50.5 Å². The van der Waals surface area contributed by atoms with Gasteiger partial charge in [0.15, 0.2) is 0 Å². The number of hydrogen-bond acceptors (Lipinski definition) is 5. The molecule has 5 nitrogen and oxygen atoms in total. The molecular weight excluding hydrogens is 1110 g/mol. The van der Waals surface area contributed by atoms with Crippen LogP contribution in [0.3, 0.4) is 0 Å². The van der Waals surface area contributed by atoms with E-state index in [-0.39, 0.29) is 28.4 Å². The predicted molar refractivity (Wildman–Crippen MR) is 399 cm³/mol. The summed E-state index contributed by atoms with van der Waals surface area (Å²) in [6.07, 6.45) is 0. The summed E-state index contributed by atoms with van der Waals surface area (Å²) in [5.74, 6) is 1.60. The van der Waals surface area contributed by atoms with Gasteiger partial charge in [-0.2, -0.15) is 10.5 Å². The molecule has 0 saturated heterocycles. The lowest BCUT2D eigenvalue weighted by molar-refractivity contribution is 0.486. The normalized spacial score (nSPS) is 12.9. The van der Waals surface area contributed by atoms with Crippen molar-refractivity contribution in [3.8, 4) is 62.7 Å². The highest BCUT2D eigenvalue weighted by Crippen LogP contribution is 2.47. The molecular formula is C78H74B6N4OS. The Kier molecular flexibility index (Phi) is 14.6. The summed E-state index contributed by atoms with van der Waals surface area (Å²) in [7, 11) is 11.2. The Morgan fingerprint density at radius 3 is 1.58 bits per heavy atom. The van der Waals surface area contributed by atoms with Gasteiger partial charge in [-0.15, -0.1) is 5.46 Å². The van der Waals surface area contributed by atoms with E-state index >= 15 is 0 Å². The molecule has 2 aliphatic rings. The molecule has 13 rings (SSSR count). The zero-order chi connectivity index (χ0) is 63.8. The molecule has 90 heavy (non-hydrogen) atoms. The lowest BCUT2D eigenvalue weighted by Gasteiger charge is -2.35. The Bertz CT molecular complexity index is 4800. The number of aromatic nitrogens is 1. The average Bonchev–Trinajstić information content (AvgIpc) is 1.00. The van der Waals surface area contributed by atoms with E-state index in [0.29, 0.717) is 11.1 Å². The molecule has 0 aliphatic carbocycles. The van der Waals surface area contributed by atoms with Gasteiger partial charge in [-0.05, 0) is 174 Å². The Hall–Kier alpha value is -8.68. The number of ether oxygens (including phenoxy) is 1. The third-order valence-electron chi connectivity index (χ3n) is 19.5. The topological polar surface area (TPSA) is 65.0 Å². The van der Waals surface area contributed by atoms with Crippen LogP contribution in [0.1, 0.15) is 116 Å². The van der Waals surface area contributed by atoms with Crippen molar-refractivity contribution in [1.82, 2.24) is 4.57 Å². The van der Waals surface area contributed by atoms with Crippen molar-refractivity contribution in [2.45, 2.75) is 115 Å². The standard InChI is InChI=1S/C78H74B6N4OS/c1-75(2,3)49-22-28-62-57(38-49)58-39-50(76(4,5)6)23-29-63(58)87(62)54-24-19-46(42-86)55(40-54)44-20-25-59-64(33-44)89-65-34-48(47-31-51(77(7,8)9)37-52(32-47)78(10,11)12)36-67-73(65)84(59)60-26-21-45(35-66(60)90-67)56-30-43(41-85)18-27-61(56)88(53-16-14-13-15-17-53)74-71(82)69(80)68(79)70(81)72(74)83/h13-40H,79-83H2,1-12H3. The first-order chi connectivity index (χ1) is 42.6. The lowest BCUT2D eigenvalue weighted by Crippen LogP contribution is -2.57. The minimum atomic E-state index is -0.164. The van der Waals surface area contributed by atoms with Crippen LogP contribution < -0.4 is 53.3 Å². The average molecular weight is 1180 g/mol. The van der Waals surface area contributed by atoms with Crippen molar-refractivity contribution >= 4 is 140 Å². The van der Waals surface area contributed by atoms with E-state index < -0.39 is 0 Å². The second-order valence-corrected chi connectivity index (χ2v) is 30.5. The molecule has 0 amide bonds. The summed E-state index contributed by atoms with van der Waals surface area (Å²) in [5, 5.41) is 24.0. The number of rotatable bonds is 7. The van der Waals surface area contributed by atoms with Gasteiger partial charge in [0.1, 0.15) is 50.7 Å². The number of hydrogen-bond donors (Lipinski definition) is 0. The highest BCUT2D eigenvalue weighted by molar-refractivity contribution is 8.00. The molecule has 3 heterocycles. The van der Waals surface area contributed by atoms with E-state index in [0.717, 1.165) is 99.4 Å². The Balaban J connectivity index is 1.00. The molecule has 1 aromatic heterocycles. The fourth-order valence-electron chi connectivity index (χ4n) is 13.7. The fraction of sp³-hybridized carbons (Fsp3) is 0.205. The van der Waals surface area contributed by atoms with Crippen molar-refractivity contribution < 1.29 is 4.74 Å². The smallest absolute Gasteiger partial charge is 0.253 e. The van der Waals surface area contributed by atoms with Gasteiger partial charge in [0.25, 0.3) is 6.71 Å². The van der Waals surface area contributed by atoms with Crippen LogP contribution in [0.4, 0.5) is 17.1 Å². The number of para-hydroxylation sites is 1. The third-order valence-corrected chi connectivity index (χ3v) is 20.7. The first-order valence-corrected chi connectivity index (χ1v) is 32.5. The maximum absolute atomic E-state index is 11.0. The quantitative estimate of drug-likeness (QED) is 0.149. The molecule has 0 radical (unpaired) electrons. The van der Waals surface area contributed by atoms with Crippen molar-refractivity contribution in [3.05, 3.63) is 203 Å². The number of fused-ring (bicyclic) bond motifs is 7. The van der Waals surface area contributed by atoms with Crippen LogP contribution >= 0.6 is 11.8 Å². The van der Waals surface area contributed by atoms with E-state index in [9.17, 15) is 10.5 Å². The Labute approximate surface area is 542 Å². The summed E-state index contributed by atoms with van der Waals surface area (Å²) in [5.41, 5.74) is 28.3. The molecule has 0 bridgehead atoms. The van der Waals surface area contributed by atoms with Gasteiger partial charge in [0.05, 0.1) is 40.0 Å². The van der Waals surface area contributed by atoms with Crippen LogP contribution in [0.2, 0.25) is 0 Å². The molecule has 0 saturated carbocycles. The summed E-state index contributed by atoms with van der Waals surface area (Å²) >= 11 is 1.80. The molecule has 0 spiro atoms. The maximum atomic E-state index is 11.0. The largest absolute Gasteiger partial charge is 0.458 e. The Morgan fingerprint density at radius 1 is 0.456 bits per heavy atom. The van der Waals surface area contributed by atoms with Crippen LogP contribution in [0.15, 0.2) is 180 Å². The zero-order valence-corrected chi connectivity index (χ0v) is 56.2. The minimum Gasteiger partial charge on any atom is -0.458 e. The molecule has 0 unspecified atom stereocenters. The SMILES string of the molecule is Bc1c(B)c(B)c(N(c2ccccc2)c2ccc(C#N)cc2-c2ccc3c(c2)Sc2cc(-c4cc(C(C)(C)C)cc(C(C)(C)C)c4)cc4c2B3c2ccc(-c3cc(-n5c6ccc(C(C)(C)C)cc6c6cc(C(C)(C)C)ccc65)ccc3C#N)cc2O4)c(B)c1B. The first-order valence-electron chi connectivity index (χ1n) is 31.7. The van der Waals surface area contributed by atoms with Gasteiger partial charge in [0, 0.05) is 48.8 Å². The summed E-state index contributed by atoms with van der Waals surface area (Å²) in [6.45, 7) is 27.3. The zero-order valence-electron chi connectivity index (χ0n) is 55.3. The number of benzene rings is 10. The first kappa shape index (κ1) is 60.2. The molecule has 0 atom stereocenters. The van der Waals surface area contributed by atoms with Gasteiger partial charge in [-0.1, -0.05) is 195 Å². The maximum Gasteiger partial charge on any atom is 0.253 e. The van der Waals surface area contributed by atoms with Crippen LogP contribution in [0.25, 0.3) is 60.9 Å². The van der Waals surface area contributed by atoms with Gasteiger partial charge < -0.3 is 14.2 Å². The molecule has 10 aromatic carbocycles. The highest BCUT2D eigenvalue weighted by atomic mass is 32.2. The van der Waals surface area contributed by atoms with Gasteiger partial charge in [0.2, 0.25) is 0 Å². The number of nitrogens with zero attached hydrogens (tertiary/aromatic N) is 4.